The molecule has 0 radical (unpaired) electrons. The molecule has 0 aliphatic heterocycles. The highest BCUT2D eigenvalue weighted by molar-refractivity contribution is 6.02. The van der Waals surface area contributed by atoms with Crippen LogP contribution in [0.5, 0.6) is 23.0 Å². The van der Waals surface area contributed by atoms with Gasteiger partial charge < -0.3 is 24.4 Å². The summed E-state index contributed by atoms with van der Waals surface area (Å²) in [5.41, 5.74) is 2.44. The number of aromatic hydroxyl groups is 1. The molecule has 2 N–H and O–H groups in total. The molecule has 7 nitrogen and oxygen atoms in total. The van der Waals surface area contributed by atoms with Gasteiger partial charge in [0, 0.05) is 6.08 Å². The Morgan fingerprint density at radius 1 is 0.806 bits per heavy atom. The van der Waals surface area contributed by atoms with Gasteiger partial charge in [-0.3, -0.25) is 4.79 Å². The number of benzene rings is 3. The molecule has 7 heteroatoms. The third-order valence-corrected chi connectivity index (χ3v) is 5.12. The van der Waals surface area contributed by atoms with Crippen LogP contribution in [0.25, 0.3) is 12.2 Å². The second-order valence-corrected chi connectivity index (χ2v) is 7.68. The van der Waals surface area contributed by atoms with Crippen molar-refractivity contribution >= 4 is 23.9 Å². The topological polar surface area (TPSA) is 102 Å². The minimum Gasteiger partial charge on any atom is -0.508 e. The molecule has 0 amide bonds. The van der Waals surface area contributed by atoms with Crippen molar-refractivity contribution in [2.24, 2.45) is 0 Å². The van der Waals surface area contributed by atoms with Gasteiger partial charge in [-0.15, -0.1) is 0 Å². The number of para-hydroxylation sites is 1. The van der Waals surface area contributed by atoms with E-state index in [4.69, 9.17) is 14.2 Å². The summed E-state index contributed by atoms with van der Waals surface area (Å²) < 4.78 is 15.9. The number of rotatable bonds is 9. The number of carbonyl (C=O) groups is 2. The summed E-state index contributed by atoms with van der Waals surface area (Å²) in [4.78, 5) is 24.5. The van der Waals surface area contributed by atoms with Crippen LogP contribution in [-0.4, -0.2) is 36.2 Å². The maximum Gasteiger partial charge on any atom is 0.347 e. The first-order valence-corrected chi connectivity index (χ1v) is 10.9. The summed E-state index contributed by atoms with van der Waals surface area (Å²) in [6, 6.07) is 16.4. The number of aliphatic hydroxyl groups excluding tert-OH is 1. The molecule has 0 unspecified atom stereocenters. The first kappa shape index (κ1) is 25.8. The van der Waals surface area contributed by atoms with Gasteiger partial charge in [0.1, 0.15) is 22.8 Å². The highest BCUT2D eigenvalue weighted by Crippen LogP contribution is 2.30. The third kappa shape index (κ3) is 6.87. The molecule has 0 aliphatic carbocycles. The van der Waals surface area contributed by atoms with E-state index in [-0.39, 0.29) is 34.4 Å². The second-order valence-electron chi connectivity index (χ2n) is 7.68. The van der Waals surface area contributed by atoms with Crippen LogP contribution in [0.1, 0.15) is 27.0 Å². The molecule has 0 atom stereocenters. The Labute approximate surface area is 209 Å². The van der Waals surface area contributed by atoms with Crippen LogP contribution >= 0.6 is 0 Å². The van der Waals surface area contributed by atoms with Crippen LogP contribution in [0.3, 0.4) is 0 Å². The molecule has 0 spiro atoms. The summed E-state index contributed by atoms with van der Waals surface area (Å²) in [5, 5.41) is 20.0. The molecule has 36 heavy (non-hydrogen) atoms. The van der Waals surface area contributed by atoms with Crippen molar-refractivity contribution in [3.63, 3.8) is 0 Å². The summed E-state index contributed by atoms with van der Waals surface area (Å²) in [6.45, 7) is 1.93. The molecule has 0 aliphatic rings. The lowest BCUT2D eigenvalue weighted by atomic mass is 10.1. The minimum atomic E-state index is -0.731. The van der Waals surface area contributed by atoms with E-state index < -0.39 is 5.97 Å². The van der Waals surface area contributed by atoms with Crippen LogP contribution in [0, 0.1) is 6.92 Å². The molecule has 184 valence electrons. The van der Waals surface area contributed by atoms with Gasteiger partial charge in [0.15, 0.2) is 17.3 Å². The quantitative estimate of drug-likeness (QED) is 0.132. The number of aryl methyl sites for hydroxylation is 1. The van der Waals surface area contributed by atoms with Crippen LogP contribution in [0.2, 0.25) is 0 Å². The number of methoxy groups -OCH3 is 2. The normalized spacial score (nSPS) is 11.6. The number of hydrogen-bond acceptors (Lipinski definition) is 7. The van der Waals surface area contributed by atoms with Crippen LogP contribution in [-0.2, 0) is 4.79 Å². The van der Waals surface area contributed by atoms with E-state index in [1.54, 1.807) is 43.5 Å². The maximum absolute atomic E-state index is 12.4. The fraction of sp³-hybridized carbons (Fsp3) is 0.103. The van der Waals surface area contributed by atoms with Gasteiger partial charge in [-0.05, 0) is 66.1 Å². The lowest BCUT2D eigenvalue weighted by Crippen LogP contribution is -2.09. The van der Waals surface area contributed by atoms with Crippen molar-refractivity contribution in [1.29, 1.82) is 0 Å². The third-order valence-electron chi connectivity index (χ3n) is 5.12. The summed E-state index contributed by atoms with van der Waals surface area (Å²) in [6.07, 6.45) is 7.02. The number of aliphatic hydroxyl groups is 1. The fourth-order valence-electron chi connectivity index (χ4n) is 3.22. The zero-order valence-corrected chi connectivity index (χ0v) is 20.1. The standard InChI is InChI=1S/C29H26O7/c1-19-8-9-20(16-27(19)34-2)10-13-22(30)18-23(31)14-11-21-12-15-26(28(17-21)35-3)36-29(33)24-6-4-5-7-25(24)32/h4-18,31-32H,1-3H3/b13-10+,14-11+,23-18?. The number of phenols is 1. The van der Waals surface area contributed by atoms with E-state index in [2.05, 4.69) is 0 Å². The van der Waals surface area contributed by atoms with E-state index in [0.29, 0.717) is 5.56 Å². The Bertz CT molecular complexity index is 1350. The number of hydrogen-bond donors (Lipinski definition) is 2. The Morgan fingerprint density at radius 2 is 1.44 bits per heavy atom. The number of ether oxygens (including phenoxy) is 3. The fourth-order valence-corrected chi connectivity index (χ4v) is 3.22. The Balaban J connectivity index is 1.67. The Hall–Kier alpha value is -4.78. The van der Waals surface area contributed by atoms with Crippen molar-refractivity contribution in [3.8, 4) is 23.0 Å². The molecular formula is C29H26O7. The number of phenolic OH excluding ortho intramolecular Hbond substituents is 1. The predicted octanol–water partition coefficient (Wildman–Crippen LogP) is 5.67. The smallest absolute Gasteiger partial charge is 0.347 e. The van der Waals surface area contributed by atoms with Crippen molar-refractivity contribution < 1.29 is 34.0 Å². The molecule has 0 heterocycles. The monoisotopic (exact) mass is 486 g/mol. The summed E-state index contributed by atoms with van der Waals surface area (Å²) >= 11 is 0. The maximum atomic E-state index is 12.4. The number of carbonyl (C=O) groups excluding carboxylic acids is 2. The van der Waals surface area contributed by atoms with E-state index >= 15 is 0 Å². The van der Waals surface area contributed by atoms with Crippen molar-refractivity contribution in [3.05, 3.63) is 107 Å². The van der Waals surface area contributed by atoms with E-state index in [1.807, 2.05) is 25.1 Å². The SMILES string of the molecule is COc1cc(/C=C/C(=O)C=C(O)/C=C/c2ccc(OC(=O)c3ccccc3O)c(OC)c2)ccc1C. The lowest BCUT2D eigenvalue weighted by Gasteiger charge is -2.10. The molecular weight excluding hydrogens is 460 g/mol. The van der Waals surface area contributed by atoms with Crippen LogP contribution in [0.15, 0.2) is 84.7 Å². The van der Waals surface area contributed by atoms with Gasteiger partial charge >= 0.3 is 5.97 Å². The minimum absolute atomic E-state index is 0.0267. The van der Waals surface area contributed by atoms with E-state index in [9.17, 15) is 19.8 Å². The van der Waals surface area contributed by atoms with E-state index in [0.717, 1.165) is 23.0 Å². The zero-order chi connectivity index (χ0) is 26.1. The number of allylic oxidation sites excluding steroid dienone is 3. The highest BCUT2D eigenvalue weighted by Gasteiger charge is 2.15. The van der Waals surface area contributed by atoms with Gasteiger partial charge in [-0.25, -0.2) is 4.79 Å². The lowest BCUT2D eigenvalue weighted by molar-refractivity contribution is -0.110. The molecule has 0 aromatic heterocycles. The van der Waals surface area contributed by atoms with Gasteiger partial charge in [-0.2, -0.15) is 0 Å². The van der Waals surface area contributed by atoms with Gasteiger partial charge in [0.2, 0.25) is 0 Å². The second kappa shape index (κ2) is 12.1. The summed E-state index contributed by atoms with van der Waals surface area (Å²) in [5.74, 6) is -0.383. The van der Waals surface area contributed by atoms with Crippen molar-refractivity contribution in [1.82, 2.24) is 0 Å². The average molecular weight is 487 g/mol. The molecule has 3 aromatic rings. The van der Waals surface area contributed by atoms with Gasteiger partial charge in [0.25, 0.3) is 0 Å². The first-order valence-electron chi connectivity index (χ1n) is 10.9. The molecule has 0 saturated heterocycles. The van der Waals surface area contributed by atoms with Crippen molar-refractivity contribution in [2.45, 2.75) is 6.92 Å². The average Bonchev–Trinajstić information content (AvgIpc) is 2.87. The van der Waals surface area contributed by atoms with E-state index in [1.165, 1.54) is 37.5 Å². The molecule has 0 bridgehead atoms. The van der Waals surface area contributed by atoms with Crippen LogP contribution < -0.4 is 14.2 Å². The van der Waals surface area contributed by atoms with Crippen molar-refractivity contribution in [2.75, 3.05) is 14.2 Å². The predicted molar refractivity (Wildman–Crippen MR) is 138 cm³/mol. The Kier molecular flexibility index (Phi) is 8.67. The molecule has 3 aromatic carbocycles. The number of ketones is 1. The number of esters is 1. The molecule has 0 fully saturated rings. The van der Waals surface area contributed by atoms with Gasteiger partial charge in [-0.1, -0.05) is 42.5 Å². The highest BCUT2D eigenvalue weighted by atomic mass is 16.6. The summed E-state index contributed by atoms with van der Waals surface area (Å²) in [7, 11) is 3.01. The molecule has 3 rings (SSSR count). The Morgan fingerprint density at radius 3 is 2.14 bits per heavy atom. The van der Waals surface area contributed by atoms with Gasteiger partial charge in [0.05, 0.1) is 14.2 Å². The zero-order valence-electron chi connectivity index (χ0n) is 20.1. The molecule has 0 saturated carbocycles. The first-order chi connectivity index (χ1) is 17.3. The van der Waals surface area contributed by atoms with Crippen LogP contribution in [0.4, 0.5) is 0 Å². The largest absolute Gasteiger partial charge is 0.508 e.